The lowest BCUT2D eigenvalue weighted by Gasteiger charge is -2.35. The molecule has 0 bridgehead atoms. The molecule has 0 unspecified atom stereocenters. The van der Waals surface area contributed by atoms with Crippen LogP contribution in [0.5, 0.6) is 0 Å². The lowest BCUT2D eigenvalue weighted by atomic mass is 10.1. The van der Waals surface area contributed by atoms with Gasteiger partial charge in [-0.2, -0.15) is 0 Å². The first-order chi connectivity index (χ1) is 15.6. The van der Waals surface area contributed by atoms with Crippen molar-refractivity contribution in [3.63, 3.8) is 0 Å². The number of nitrogens with one attached hydrogen (secondary N) is 1. The van der Waals surface area contributed by atoms with Gasteiger partial charge >= 0.3 is 0 Å². The number of rotatable bonds is 5. The Morgan fingerprint density at radius 1 is 1.09 bits per heavy atom. The Bertz CT molecular complexity index is 1140. The van der Waals surface area contributed by atoms with Gasteiger partial charge in [0.1, 0.15) is 5.82 Å². The van der Waals surface area contributed by atoms with Gasteiger partial charge in [-0.05, 0) is 51.0 Å². The number of sulfone groups is 1. The molecule has 186 valence electrons. The molecular formula is C23H31ClFN5O3S. The SMILES string of the molecule is CC(=O)N1CCc2nc(NC(C)C)c(N3CCC(S(=O)(=O)c4ccc(F)cc4)CC3)nc2C1.Cl. The maximum Gasteiger partial charge on any atom is 0.219 e. The predicted molar refractivity (Wildman–Crippen MR) is 132 cm³/mol. The summed E-state index contributed by atoms with van der Waals surface area (Å²) in [7, 11) is -3.53. The number of aromatic nitrogens is 2. The number of benzene rings is 1. The molecule has 0 radical (unpaired) electrons. The summed E-state index contributed by atoms with van der Waals surface area (Å²) in [5.74, 6) is 0.953. The van der Waals surface area contributed by atoms with E-state index in [0.29, 0.717) is 57.1 Å². The molecule has 1 fully saturated rings. The van der Waals surface area contributed by atoms with Crippen LogP contribution in [0.2, 0.25) is 0 Å². The summed E-state index contributed by atoms with van der Waals surface area (Å²) < 4.78 is 39.3. The van der Waals surface area contributed by atoms with Gasteiger partial charge < -0.3 is 15.1 Å². The van der Waals surface area contributed by atoms with E-state index in [9.17, 15) is 17.6 Å². The first kappa shape index (κ1) is 26.2. The molecule has 2 aliphatic rings. The molecule has 1 amide bonds. The van der Waals surface area contributed by atoms with Crippen molar-refractivity contribution >= 4 is 39.8 Å². The van der Waals surface area contributed by atoms with Crippen LogP contribution in [0.3, 0.4) is 0 Å². The molecule has 11 heteroatoms. The monoisotopic (exact) mass is 511 g/mol. The molecule has 1 aromatic heterocycles. The quantitative estimate of drug-likeness (QED) is 0.616. The molecule has 0 atom stereocenters. The van der Waals surface area contributed by atoms with Crippen LogP contribution in [-0.2, 0) is 27.6 Å². The lowest BCUT2D eigenvalue weighted by Crippen LogP contribution is -2.41. The van der Waals surface area contributed by atoms with E-state index in [-0.39, 0.29) is 29.3 Å². The Balaban J connectivity index is 0.00000324. The number of hydrogen-bond acceptors (Lipinski definition) is 7. The minimum Gasteiger partial charge on any atom is -0.365 e. The number of amides is 1. The van der Waals surface area contributed by atoms with Crippen molar-refractivity contribution in [3.05, 3.63) is 41.5 Å². The highest BCUT2D eigenvalue weighted by Gasteiger charge is 2.33. The summed E-state index contributed by atoms with van der Waals surface area (Å²) in [6.45, 7) is 7.71. The molecule has 0 spiro atoms. The summed E-state index contributed by atoms with van der Waals surface area (Å²) in [5, 5.41) is 2.85. The molecule has 34 heavy (non-hydrogen) atoms. The number of carbonyl (C=O) groups is 1. The van der Waals surface area contributed by atoms with Crippen molar-refractivity contribution in [3.8, 4) is 0 Å². The predicted octanol–water partition coefficient (Wildman–Crippen LogP) is 3.21. The van der Waals surface area contributed by atoms with Crippen LogP contribution in [0.1, 0.15) is 45.0 Å². The average molecular weight is 512 g/mol. The molecule has 0 saturated carbocycles. The molecule has 1 aromatic carbocycles. The van der Waals surface area contributed by atoms with Gasteiger partial charge in [0.05, 0.1) is 28.1 Å². The van der Waals surface area contributed by atoms with Crippen molar-refractivity contribution in [2.75, 3.05) is 29.9 Å². The van der Waals surface area contributed by atoms with Crippen LogP contribution in [-0.4, -0.2) is 60.1 Å². The Morgan fingerprint density at radius 2 is 1.74 bits per heavy atom. The Hall–Kier alpha value is -2.46. The number of fused-ring (bicyclic) bond motifs is 1. The van der Waals surface area contributed by atoms with Crippen LogP contribution < -0.4 is 10.2 Å². The van der Waals surface area contributed by atoms with Crippen LogP contribution in [0, 0.1) is 5.82 Å². The Kier molecular flexibility index (Phi) is 8.02. The largest absolute Gasteiger partial charge is 0.365 e. The summed E-state index contributed by atoms with van der Waals surface area (Å²) in [5.41, 5.74) is 1.69. The van der Waals surface area contributed by atoms with E-state index >= 15 is 0 Å². The zero-order valence-corrected chi connectivity index (χ0v) is 21.3. The highest BCUT2D eigenvalue weighted by molar-refractivity contribution is 7.92. The van der Waals surface area contributed by atoms with E-state index in [1.807, 2.05) is 13.8 Å². The third-order valence-corrected chi connectivity index (χ3v) is 8.46. The third kappa shape index (κ3) is 5.43. The van der Waals surface area contributed by atoms with E-state index < -0.39 is 20.9 Å². The third-order valence-electron chi connectivity index (χ3n) is 6.18. The van der Waals surface area contributed by atoms with Gasteiger partial charge in [-0.3, -0.25) is 4.79 Å². The highest BCUT2D eigenvalue weighted by atomic mass is 35.5. The molecule has 4 rings (SSSR count). The van der Waals surface area contributed by atoms with Crippen LogP contribution >= 0.6 is 12.4 Å². The van der Waals surface area contributed by atoms with Gasteiger partial charge in [0.25, 0.3) is 0 Å². The van der Waals surface area contributed by atoms with Gasteiger partial charge in [0.15, 0.2) is 21.5 Å². The zero-order valence-electron chi connectivity index (χ0n) is 19.6. The summed E-state index contributed by atoms with van der Waals surface area (Å²) in [4.78, 5) is 25.6. The zero-order chi connectivity index (χ0) is 23.8. The molecule has 0 aliphatic carbocycles. The molecule has 2 aromatic rings. The number of halogens is 2. The van der Waals surface area contributed by atoms with E-state index in [2.05, 4.69) is 10.2 Å². The van der Waals surface area contributed by atoms with Crippen molar-refractivity contribution in [1.82, 2.24) is 14.9 Å². The fourth-order valence-electron chi connectivity index (χ4n) is 4.38. The number of carbonyl (C=O) groups excluding carboxylic acids is 1. The van der Waals surface area contributed by atoms with E-state index in [0.717, 1.165) is 11.4 Å². The van der Waals surface area contributed by atoms with E-state index in [4.69, 9.17) is 9.97 Å². The van der Waals surface area contributed by atoms with Crippen molar-refractivity contribution < 1.29 is 17.6 Å². The number of nitrogens with zero attached hydrogens (tertiary/aromatic N) is 4. The van der Waals surface area contributed by atoms with Crippen molar-refractivity contribution in [2.24, 2.45) is 0 Å². The summed E-state index contributed by atoms with van der Waals surface area (Å²) >= 11 is 0. The minimum absolute atomic E-state index is 0. The Morgan fingerprint density at radius 3 is 2.32 bits per heavy atom. The second-order valence-corrected chi connectivity index (χ2v) is 11.2. The first-order valence-corrected chi connectivity index (χ1v) is 12.9. The standard InChI is InChI=1S/C23H30FN5O3S.ClH/c1-15(2)25-22-23(27-21-14-29(16(3)30)13-10-20(21)26-22)28-11-8-19(9-12-28)33(31,32)18-6-4-17(24)5-7-18;/h4-7,15,19H,8-14H2,1-3H3,(H,25,26);1H. The first-order valence-electron chi connectivity index (χ1n) is 11.3. The smallest absolute Gasteiger partial charge is 0.219 e. The second-order valence-electron chi connectivity index (χ2n) is 8.96. The van der Waals surface area contributed by atoms with E-state index in [1.165, 1.54) is 24.3 Å². The molecule has 1 saturated heterocycles. The highest BCUT2D eigenvalue weighted by Crippen LogP contribution is 2.32. The number of hydrogen-bond donors (Lipinski definition) is 1. The maximum atomic E-state index is 13.2. The van der Waals surface area contributed by atoms with Crippen molar-refractivity contribution in [2.45, 2.75) is 62.8 Å². The molecule has 2 aliphatic heterocycles. The maximum absolute atomic E-state index is 13.2. The number of piperidine rings is 1. The van der Waals surface area contributed by atoms with Crippen LogP contribution in [0.25, 0.3) is 0 Å². The summed E-state index contributed by atoms with van der Waals surface area (Å²) in [6, 6.07) is 5.18. The van der Waals surface area contributed by atoms with Crippen LogP contribution in [0.4, 0.5) is 16.0 Å². The average Bonchev–Trinajstić information content (AvgIpc) is 2.78. The topological polar surface area (TPSA) is 95.5 Å². The van der Waals surface area contributed by atoms with Gasteiger partial charge in [-0.1, -0.05) is 0 Å². The summed E-state index contributed by atoms with van der Waals surface area (Å²) in [6.07, 6.45) is 1.55. The lowest BCUT2D eigenvalue weighted by molar-refractivity contribution is -0.129. The molecule has 3 heterocycles. The van der Waals surface area contributed by atoms with Crippen LogP contribution in [0.15, 0.2) is 29.2 Å². The second kappa shape index (κ2) is 10.4. The van der Waals surface area contributed by atoms with Gasteiger partial charge in [0.2, 0.25) is 5.91 Å². The minimum atomic E-state index is -3.53. The van der Waals surface area contributed by atoms with Gasteiger partial charge in [-0.25, -0.2) is 22.8 Å². The Labute approximate surface area is 206 Å². The molecular weight excluding hydrogens is 481 g/mol. The molecule has 1 N–H and O–H groups in total. The normalized spacial score (nSPS) is 16.7. The number of anilines is 2. The molecule has 8 nitrogen and oxygen atoms in total. The van der Waals surface area contributed by atoms with Gasteiger partial charge in [-0.15, -0.1) is 12.4 Å². The van der Waals surface area contributed by atoms with E-state index in [1.54, 1.807) is 11.8 Å². The van der Waals surface area contributed by atoms with Crippen molar-refractivity contribution in [1.29, 1.82) is 0 Å². The fraction of sp³-hybridized carbons (Fsp3) is 0.522. The van der Waals surface area contributed by atoms with Gasteiger partial charge in [0, 0.05) is 39.0 Å². The fourth-order valence-corrected chi connectivity index (χ4v) is 6.11.